The minimum absolute atomic E-state index is 0.215. The molecule has 2 N–H and O–H groups in total. The summed E-state index contributed by atoms with van der Waals surface area (Å²) in [7, 11) is 1.73. The molecule has 0 spiro atoms. The summed E-state index contributed by atoms with van der Waals surface area (Å²) in [5, 5.41) is 6.58. The van der Waals surface area contributed by atoms with Gasteiger partial charge in [-0.3, -0.25) is 9.79 Å². The van der Waals surface area contributed by atoms with Crippen molar-refractivity contribution >= 4 is 11.9 Å². The smallest absolute Gasteiger partial charge is 0.222 e. The predicted octanol–water partition coefficient (Wildman–Crippen LogP) is 2.86. The summed E-state index contributed by atoms with van der Waals surface area (Å²) in [6.45, 7) is 2.77. The summed E-state index contributed by atoms with van der Waals surface area (Å²) >= 11 is 0. The first-order valence-electron chi connectivity index (χ1n) is 9.69. The molecule has 1 fully saturated rings. The maximum atomic E-state index is 13.3. The molecule has 0 atom stereocenters. The quantitative estimate of drug-likeness (QED) is 0.572. The molecule has 148 valence electrons. The highest BCUT2D eigenvalue weighted by molar-refractivity contribution is 5.79. The highest BCUT2D eigenvalue weighted by Crippen LogP contribution is 2.17. The van der Waals surface area contributed by atoms with Crippen LogP contribution in [-0.2, 0) is 24.3 Å². The van der Waals surface area contributed by atoms with Gasteiger partial charge in [0, 0.05) is 39.6 Å². The van der Waals surface area contributed by atoms with Gasteiger partial charge in [-0.15, -0.1) is 0 Å². The van der Waals surface area contributed by atoms with Gasteiger partial charge in [0.15, 0.2) is 5.96 Å². The van der Waals surface area contributed by atoms with Crippen LogP contribution in [-0.4, -0.2) is 36.9 Å². The van der Waals surface area contributed by atoms with Gasteiger partial charge in [0.05, 0.1) is 0 Å². The summed E-state index contributed by atoms with van der Waals surface area (Å²) in [6.07, 6.45) is 2.32. The Morgan fingerprint density at radius 2 is 1.96 bits per heavy atom. The van der Waals surface area contributed by atoms with Crippen LogP contribution in [0.25, 0.3) is 0 Å². The maximum absolute atomic E-state index is 13.3. The van der Waals surface area contributed by atoms with Crippen LogP contribution < -0.4 is 10.6 Å². The lowest BCUT2D eigenvalue weighted by Crippen LogP contribution is -2.38. The molecule has 1 aliphatic heterocycles. The van der Waals surface area contributed by atoms with Crippen molar-refractivity contribution in [3.63, 3.8) is 0 Å². The molecule has 1 heterocycles. The molecular formula is C22H27FN4O. The maximum Gasteiger partial charge on any atom is 0.222 e. The molecule has 6 heteroatoms. The number of rotatable bonds is 7. The van der Waals surface area contributed by atoms with Crippen molar-refractivity contribution in [3.05, 3.63) is 71.0 Å². The van der Waals surface area contributed by atoms with E-state index in [1.807, 2.05) is 23.1 Å². The summed E-state index contributed by atoms with van der Waals surface area (Å²) in [6, 6.07) is 14.8. The minimum Gasteiger partial charge on any atom is -0.356 e. The van der Waals surface area contributed by atoms with Crippen LogP contribution in [0.4, 0.5) is 4.39 Å². The van der Waals surface area contributed by atoms with Crippen LogP contribution in [0.1, 0.15) is 29.5 Å². The predicted molar refractivity (Wildman–Crippen MR) is 109 cm³/mol. The molecule has 0 radical (unpaired) electrons. The number of hydrogen-bond acceptors (Lipinski definition) is 2. The normalized spacial score (nSPS) is 14.4. The van der Waals surface area contributed by atoms with Crippen LogP contribution in [0.5, 0.6) is 0 Å². The third kappa shape index (κ3) is 5.55. The van der Waals surface area contributed by atoms with Gasteiger partial charge in [0.2, 0.25) is 5.91 Å². The third-order valence-corrected chi connectivity index (χ3v) is 4.92. The standard InChI is InChI=1S/C22H27FN4O/c1-24-22(25-12-11-17-6-4-9-20(23)14-17)26-15-18-7-2-3-8-19(18)16-27-13-5-10-21(27)28/h2-4,6-9,14H,5,10-13,15-16H2,1H3,(H2,24,25,26). The van der Waals surface area contributed by atoms with E-state index in [0.29, 0.717) is 38.4 Å². The molecule has 3 rings (SSSR count). The molecule has 0 unspecified atom stereocenters. The highest BCUT2D eigenvalue weighted by atomic mass is 19.1. The molecule has 2 aromatic rings. The van der Waals surface area contributed by atoms with E-state index in [1.165, 1.54) is 6.07 Å². The lowest BCUT2D eigenvalue weighted by Gasteiger charge is -2.19. The molecule has 1 amide bonds. The third-order valence-electron chi connectivity index (χ3n) is 4.92. The average molecular weight is 382 g/mol. The number of hydrogen-bond donors (Lipinski definition) is 2. The summed E-state index contributed by atoms with van der Waals surface area (Å²) < 4.78 is 13.3. The van der Waals surface area contributed by atoms with Crippen LogP contribution in [0.2, 0.25) is 0 Å². The Morgan fingerprint density at radius 1 is 1.14 bits per heavy atom. The second kappa shape index (κ2) is 9.88. The zero-order valence-electron chi connectivity index (χ0n) is 16.2. The fraction of sp³-hybridized carbons (Fsp3) is 0.364. The van der Waals surface area contributed by atoms with Crippen LogP contribution in [0, 0.1) is 5.82 Å². The molecule has 2 aromatic carbocycles. The van der Waals surface area contributed by atoms with Crippen molar-refractivity contribution in [2.75, 3.05) is 20.1 Å². The number of guanidine groups is 1. The summed E-state index contributed by atoms with van der Waals surface area (Å²) in [5.41, 5.74) is 3.25. The van der Waals surface area contributed by atoms with E-state index in [4.69, 9.17) is 0 Å². The number of nitrogens with zero attached hydrogens (tertiary/aromatic N) is 2. The first kappa shape index (κ1) is 19.9. The van der Waals surface area contributed by atoms with Gasteiger partial charge in [0.1, 0.15) is 5.82 Å². The zero-order chi connectivity index (χ0) is 19.8. The van der Waals surface area contributed by atoms with Gasteiger partial charge < -0.3 is 15.5 Å². The first-order valence-corrected chi connectivity index (χ1v) is 9.69. The molecule has 0 aromatic heterocycles. The van der Waals surface area contributed by atoms with E-state index in [-0.39, 0.29) is 11.7 Å². The van der Waals surface area contributed by atoms with Crippen molar-refractivity contribution in [1.82, 2.24) is 15.5 Å². The molecule has 0 saturated carbocycles. The average Bonchev–Trinajstić information content (AvgIpc) is 3.10. The van der Waals surface area contributed by atoms with E-state index in [2.05, 4.69) is 27.8 Å². The molecule has 5 nitrogen and oxygen atoms in total. The van der Waals surface area contributed by atoms with Crippen LogP contribution >= 0.6 is 0 Å². The van der Waals surface area contributed by atoms with Crippen molar-refractivity contribution < 1.29 is 9.18 Å². The Morgan fingerprint density at radius 3 is 2.68 bits per heavy atom. The van der Waals surface area contributed by atoms with E-state index in [0.717, 1.165) is 29.7 Å². The zero-order valence-corrected chi connectivity index (χ0v) is 16.2. The fourth-order valence-corrected chi connectivity index (χ4v) is 3.38. The van der Waals surface area contributed by atoms with E-state index >= 15 is 0 Å². The van der Waals surface area contributed by atoms with Crippen LogP contribution in [0.15, 0.2) is 53.5 Å². The summed E-state index contributed by atoms with van der Waals surface area (Å²) in [4.78, 5) is 18.1. The molecule has 1 aliphatic rings. The van der Waals surface area contributed by atoms with E-state index < -0.39 is 0 Å². The Bertz CT molecular complexity index is 837. The largest absolute Gasteiger partial charge is 0.356 e. The Labute approximate surface area is 165 Å². The topological polar surface area (TPSA) is 56.7 Å². The lowest BCUT2D eigenvalue weighted by molar-refractivity contribution is -0.128. The number of benzene rings is 2. The first-order chi connectivity index (χ1) is 13.7. The molecule has 28 heavy (non-hydrogen) atoms. The number of carbonyl (C=O) groups excluding carboxylic acids is 1. The molecule has 0 bridgehead atoms. The van der Waals surface area contributed by atoms with Gasteiger partial charge in [0.25, 0.3) is 0 Å². The monoisotopic (exact) mass is 382 g/mol. The van der Waals surface area contributed by atoms with Crippen molar-refractivity contribution in [2.45, 2.75) is 32.4 Å². The minimum atomic E-state index is -0.215. The lowest BCUT2D eigenvalue weighted by atomic mass is 10.1. The van der Waals surface area contributed by atoms with E-state index in [1.54, 1.807) is 19.2 Å². The van der Waals surface area contributed by atoms with Gasteiger partial charge in [-0.25, -0.2) is 4.39 Å². The van der Waals surface area contributed by atoms with Crippen molar-refractivity contribution in [2.24, 2.45) is 4.99 Å². The second-order valence-electron chi connectivity index (χ2n) is 6.92. The van der Waals surface area contributed by atoms with Crippen LogP contribution in [0.3, 0.4) is 0 Å². The SMILES string of the molecule is CN=C(NCCc1cccc(F)c1)NCc1ccccc1CN1CCCC1=O. The molecule has 0 aliphatic carbocycles. The number of likely N-dealkylation sites (tertiary alicyclic amines) is 1. The highest BCUT2D eigenvalue weighted by Gasteiger charge is 2.20. The van der Waals surface area contributed by atoms with E-state index in [9.17, 15) is 9.18 Å². The van der Waals surface area contributed by atoms with Gasteiger partial charge in [-0.2, -0.15) is 0 Å². The Kier molecular flexibility index (Phi) is 7.00. The van der Waals surface area contributed by atoms with Gasteiger partial charge >= 0.3 is 0 Å². The molecular weight excluding hydrogens is 355 g/mol. The fourth-order valence-electron chi connectivity index (χ4n) is 3.38. The van der Waals surface area contributed by atoms with Crippen molar-refractivity contribution in [1.29, 1.82) is 0 Å². The van der Waals surface area contributed by atoms with Gasteiger partial charge in [-0.05, 0) is 41.7 Å². The number of carbonyl (C=O) groups is 1. The molecule has 1 saturated heterocycles. The van der Waals surface area contributed by atoms with Crippen molar-refractivity contribution in [3.8, 4) is 0 Å². The Balaban J connectivity index is 1.51. The summed E-state index contributed by atoms with van der Waals surface area (Å²) in [5.74, 6) is 0.717. The number of amides is 1. The Hall–Kier alpha value is -2.89. The number of aliphatic imine (C=N–C) groups is 1. The number of nitrogens with one attached hydrogen (secondary N) is 2. The second-order valence-corrected chi connectivity index (χ2v) is 6.92. The number of halogens is 1. The van der Waals surface area contributed by atoms with Gasteiger partial charge in [-0.1, -0.05) is 36.4 Å².